The molecule has 1 saturated heterocycles. The minimum Gasteiger partial charge on any atom is -0.497 e. The van der Waals surface area contributed by atoms with Crippen LogP contribution in [0.3, 0.4) is 0 Å². The SMILES string of the molecule is C=C1C[C@H]2[C@H](O)N(C(=O)OCc3ccc(NC(=O)[C@H](C)NC(=O)[C@@H](N)C(C)C)cc3)c3cc(OCCCC(=O)Nc4cn(C)c(C(=O)Nc5cc(C(=O)Nc6cc(C(=O)n7ccc8cc(OC)ccc87)n(C)c6)n(C)c5)n4)c(OC)cc3C(=O)N2C1. The number of imidazole rings is 1. The van der Waals surface area contributed by atoms with Crippen molar-refractivity contribution in [1.29, 1.82) is 0 Å². The molecule has 0 unspecified atom stereocenters. The molecule has 3 aromatic carbocycles. The number of ether oxygens (including phenoxy) is 4. The lowest BCUT2D eigenvalue weighted by Crippen LogP contribution is -2.50. The summed E-state index contributed by atoms with van der Waals surface area (Å²) in [6.45, 7) is 8.99. The molecule has 2 aliphatic rings. The molecule has 7 amide bonds. The van der Waals surface area contributed by atoms with Gasteiger partial charge in [-0.1, -0.05) is 38.1 Å². The third-order valence-electron chi connectivity index (χ3n) is 14.7. The second kappa shape index (κ2) is 25.3. The van der Waals surface area contributed by atoms with Gasteiger partial charge in [-0.25, -0.2) is 14.7 Å². The first kappa shape index (κ1) is 60.4. The molecular weight excluding hydrogens is 1110 g/mol. The minimum atomic E-state index is -1.57. The summed E-state index contributed by atoms with van der Waals surface area (Å²) in [5, 5.41) is 26.3. The number of carbonyl (C=O) groups is 8. The Hall–Kier alpha value is -10.2. The van der Waals surface area contributed by atoms with Crippen LogP contribution < -0.4 is 51.4 Å². The van der Waals surface area contributed by atoms with Gasteiger partial charge in [-0.3, -0.25) is 38.1 Å². The Kier molecular flexibility index (Phi) is 17.8. The second-order valence-corrected chi connectivity index (χ2v) is 21.3. The zero-order chi connectivity index (χ0) is 61.8. The topological polar surface area (TPSA) is 319 Å². The standard InChI is InChI=1S/C60H67N13O13/c1-32(2)51(61)55(77)62-34(4)53(75)63-37-14-12-35(13-15-37)31-86-60(82)73-43-26-48(47(84-9)25-41(43)57(79)72-27-33(3)21-46(72)59(73)81)85-20-10-11-50(74)66-49-30-70(7)52(67-49)56(78)65-38-23-44(68(5)28-38)54(76)64-39-24-45(69(6)29-39)58(80)71-19-18-36-22-40(83-8)16-17-42(36)71/h12-19,22-26,28-30,32,34,46,51,59,81H,3,10-11,20-21,27,31,61H2,1-2,4-9H3,(H,62,77)(H,63,75)(H,64,76)(H,65,78)(H,66,74)/t34-,46-,51-,59-/m0/s1. The molecule has 1 fully saturated rings. The van der Waals surface area contributed by atoms with Gasteiger partial charge in [0.15, 0.2) is 23.5 Å². The monoisotopic (exact) mass is 1180 g/mol. The number of aromatic nitrogens is 5. The maximum Gasteiger partial charge on any atom is 0.416 e. The number of hydrogen-bond acceptors (Lipinski definition) is 15. The quantitative estimate of drug-likeness (QED) is 0.0354. The van der Waals surface area contributed by atoms with Gasteiger partial charge in [0.1, 0.15) is 29.8 Å². The van der Waals surface area contributed by atoms with Gasteiger partial charge in [-0.15, -0.1) is 0 Å². The molecule has 4 atom stereocenters. The number of nitrogens with zero attached hydrogens (tertiary/aromatic N) is 7. The van der Waals surface area contributed by atoms with Gasteiger partial charge in [-0.05, 0) is 85.8 Å². The zero-order valence-electron chi connectivity index (χ0n) is 48.6. The molecule has 9 rings (SSSR count). The summed E-state index contributed by atoms with van der Waals surface area (Å²) in [4.78, 5) is 114. The average molecular weight is 1180 g/mol. The molecule has 2 aliphatic heterocycles. The van der Waals surface area contributed by atoms with Crippen LogP contribution in [0.1, 0.15) is 87.6 Å². The molecule has 0 radical (unpaired) electrons. The van der Waals surface area contributed by atoms with Crippen LogP contribution in [0.2, 0.25) is 0 Å². The smallest absolute Gasteiger partial charge is 0.416 e. The van der Waals surface area contributed by atoms with E-state index in [4.69, 9.17) is 24.7 Å². The number of aliphatic hydroxyl groups excluding tert-OH is 1. The summed E-state index contributed by atoms with van der Waals surface area (Å²) >= 11 is 0. The molecule has 0 bridgehead atoms. The fourth-order valence-electron chi connectivity index (χ4n) is 10.0. The van der Waals surface area contributed by atoms with Gasteiger partial charge in [0.2, 0.25) is 23.5 Å². The molecule has 86 heavy (non-hydrogen) atoms. The van der Waals surface area contributed by atoms with Gasteiger partial charge in [0.25, 0.3) is 23.6 Å². The van der Waals surface area contributed by atoms with E-state index in [1.807, 2.05) is 12.1 Å². The second-order valence-electron chi connectivity index (χ2n) is 21.3. The molecule has 450 valence electrons. The van der Waals surface area contributed by atoms with E-state index in [-0.39, 0.29) is 96.6 Å². The van der Waals surface area contributed by atoms with E-state index in [1.165, 1.54) is 57.0 Å². The first-order valence-electron chi connectivity index (χ1n) is 27.4. The van der Waals surface area contributed by atoms with Crippen LogP contribution in [0.5, 0.6) is 17.2 Å². The Morgan fingerprint density at radius 2 is 1.48 bits per heavy atom. The third-order valence-corrected chi connectivity index (χ3v) is 14.7. The number of nitrogens with one attached hydrogen (secondary N) is 5. The van der Waals surface area contributed by atoms with Crippen molar-refractivity contribution in [3.63, 3.8) is 0 Å². The highest BCUT2D eigenvalue weighted by molar-refractivity contribution is 6.09. The number of anilines is 5. The molecule has 4 aromatic heterocycles. The fourth-order valence-corrected chi connectivity index (χ4v) is 10.0. The molecule has 7 aromatic rings. The lowest BCUT2D eigenvalue weighted by Gasteiger charge is -2.31. The van der Waals surface area contributed by atoms with E-state index in [0.29, 0.717) is 39.5 Å². The van der Waals surface area contributed by atoms with Crippen molar-refractivity contribution in [2.45, 2.75) is 71.0 Å². The number of aliphatic hydroxyl groups is 1. The molecule has 26 heteroatoms. The summed E-state index contributed by atoms with van der Waals surface area (Å²) in [5.74, 6) is -2.46. The number of rotatable bonds is 20. The van der Waals surface area contributed by atoms with Gasteiger partial charge >= 0.3 is 6.09 Å². The van der Waals surface area contributed by atoms with Crippen molar-refractivity contribution in [1.82, 2.24) is 33.5 Å². The molecule has 0 saturated carbocycles. The van der Waals surface area contributed by atoms with Gasteiger partial charge in [-0.2, -0.15) is 0 Å². The van der Waals surface area contributed by atoms with Crippen molar-refractivity contribution in [3.05, 3.63) is 138 Å². The summed E-state index contributed by atoms with van der Waals surface area (Å²) in [5.41, 5.74) is 9.43. The Labute approximate surface area is 493 Å². The molecule has 6 heterocycles. The first-order valence-corrected chi connectivity index (χ1v) is 27.4. The highest BCUT2D eigenvalue weighted by atomic mass is 16.6. The van der Waals surface area contributed by atoms with E-state index in [0.717, 1.165) is 10.3 Å². The van der Waals surface area contributed by atoms with Crippen LogP contribution in [-0.4, -0.2) is 132 Å². The van der Waals surface area contributed by atoms with Crippen LogP contribution in [0.25, 0.3) is 10.9 Å². The van der Waals surface area contributed by atoms with E-state index >= 15 is 0 Å². The Balaban J connectivity index is 0.787. The number of methoxy groups -OCH3 is 2. The minimum absolute atomic E-state index is 0.0133. The lowest BCUT2D eigenvalue weighted by atomic mass is 10.0. The van der Waals surface area contributed by atoms with Crippen molar-refractivity contribution in [2.24, 2.45) is 32.8 Å². The normalized spacial score (nSPS) is 15.3. The highest BCUT2D eigenvalue weighted by Gasteiger charge is 2.46. The molecule has 8 N–H and O–H groups in total. The summed E-state index contributed by atoms with van der Waals surface area (Å²) in [6.07, 6.45) is 4.08. The fraction of sp³-hybridized carbons (Fsp3) is 0.317. The number of benzene rings is 3. The van der Waals surface area contributed by atoms with Gasteiger partial charge in [0, 0.05) is 76.0 Å². The summed E-state index contributed by atoms with van der Waals surface area (Å²) in [7, 11) is 7.86. The maximum atomic E-state index is 14.1. The van der Waals surface area contributed by atoms with Crippen molar-refractivity contribution in [2.75, 3.05) is 53.5 Å². The number of aryl methyl sites for hydroxylation is 3. The van der Waals surface area contributed by atoms with E-state index in [9.17, 15) is 43.5 Å². The molecule has 0 aliphatic carbocycles. The van der Waals surface area contributed by atoms with Crippen molar-refractivity contribution in [3.8, 4) is 17.2 Å². The Morgan fingerprint density at radius 1 is 0.779 bits per heavy atom. The summed E-state index contributed by atoms with van der Waals surface area (Å²) < 4.78 is 28.9. The molecule has 26 nitrogen and oxygen atoms in total. The Morgan fingerprint density at radius 3 is 2.17 bits per heavy atom. The number of nitrogens with two attached hydrogens (primary N) is 1. The molecular formula is C60H67N13O13. The predicted octanol–water partition coefficient (Wildman–Crippen LogP) is 5.73. The van der Waals surface area contributed by atoms with E-state index < -0.39 is 65.9 Å². The number of fused-ring (bicyclic) bond motifs is 3. The van der Waals surface area contributed by atoms with Crippen LogP contribution in [-0.2, 0) is 46.9 Å². The van der Waals surface area contributed by atoms with Crippen LogP contribution in [0.4, 0.5) is 33.4 Å². The number of hydrogen-bond donors (Lipinski definition) is 7. The zero-order valence-corrected chi connectivity index (χ0v) is 48.6. The number of amides is 7. The van der Waals surface area contributed by atoms with Crippen LogP contribution >= 0.6 is 0 Å². The predicted molar refractivity (Wildman–Crippen MR) is 317 cm³/mol. The van der Waals surface area contributed by atoms with Gasteiger partial charge in [0.05, 0.1) is 61.1 Å². The maximum absolute atomic E-state index is 14.1. The first-order chi connectivity index (χ1) is 41.0. The third kappa shape index (κ3) is 12.9. The van der Waals surface area contributed by atoms with E-state index in [2.05, 4.69) is 38.1 Å². The van der Waals surface area contributed by atoms with Crippen LogP contribution in [0.15, 0.2) is 110 Å². The van der Waals surface area contributed by atoms with E-state index in [1.54, 1.807) is 108 Å². The summed E-state index contributed by atoms with van der Waals surface area (Å²) in [6, 6.07) is 17.0. The molecule has 0 spiro atoms. The Bertz CT molecular complexity index is 3820. The lowest BCUT2D eigenvalue weighted by molar-refractivity contribution is -0.127. The van der Waals surface area contributed by atoms with Crippen molar-refractivity contribution >= 4 is 86.9 Å². The van der Waals surface area contributed by atoms with Gasteiger partial charge < -0.3 is 75.0 Å². The largest absolute Gasteiger partial charge is 0.497 e. The van der Waals surface area contributed by atoms with Crippen LogP contribution in [0, 0.1) is 5.92 Å². The van der Waals surface area contributed by atoms with Crippen molar-refractivity contribution < 1.29 is 62.4 Å². The average Bonchev–Trinajstić information content (AvgIpc) is 1.75. The highest BCUT2D eigenvalue weighted by Crippen LogP contribution is 2.42. The number of carbonyl (C=O) groups excluding carboxylic acids is 8.